The number of carbonyl (C=O) groups excluding carboxylic acids is 1. The van der Waals surface area contributed by atoms with Crippen molar-refractivity contribution in [2.45, 2.75) is 54.4 Å². The number of Topliss-reactive ketones (excluding diaryl/α,β-unsaturated/α-hetero) is 1. The number of aryl methyl sites for hydroxylation is 1. The van der Waals surface area contributed by atoms with Crippen molar-refractivity contribution in [3.05, 3.63) is 34.3 Å². The summed E-state index contributed by atoms with van der Waals surface area (Å²) in [6.45, 7) is 12.5. The van der Waals surface area contributed by atoms with Gasteiger partial charge in [-0.1, -0.05) is 53.1 Å². The van der Waals surface area contributed by atoms with Crippen LogP contribution < -0.4 is 0 Å². The van der Waals surface area contributed by atoms with Crippen LogP contribution in [0.25, 0.3) is 0 Å². The average molecular weight is 281 g/mol. The van der Waals surface area contributed by atoms with Crippen LogP contribution in [0, 0.1) is 10.8 Å². The quantitative estimate of drug-likeness (QED) is 0.664. The van der Waals surface area contributed by atoms with Crippen molar-refractivity contribution in [2.75, 3.05) is 0 Å². The lowest BCUT2D eigenvalue weighted by Gasteiger charge is -2.20. The van der Waals surface area contributed by atoms with Gasteiger partial charge in [-0.25, -0.2) is 0 Å². The third kappa shape index (κ3) is 4.99. The van der Waals surface area contributed by atoms with E-state index in [9.17, 15) is 4.79 Å². The van der Waals surface area contributed by atoms with Gasteiger partial charge in [0.15, 0.2) is 5.78 Å². The molecule has 2 heteroatoms. The van der Waals surface area contributed by atoms with Crippen LogP contribution in [0.15, 0.2) is 18.2 Å². The van der Waals surface area contributed by atoms with Gasteiger partial charge < -0.3 is 0 Å². The minimum absolute atomic E-state index is 0.168. The van der Waals surface area contributed by atoms with E-state index in [1.54, 1.807) is 0 Å². The van der Waals surface area contributed by atoms with Crippen LogP contribution in [0.5, 0.6) is 0 Å². The number of halogens is 1. The van der Waals surface area contributed by atoms with Gasteiger partial charge in [-0.3, -0.25) is 4.79 Å². The highest BCUT2D eigenvalue weighted by atomic mass is 35.5. The van der Waals surface area contributed by atoms with E-state index in [0.29, 0.717) is 0 Å². The van der Waals surface area contributed by atoms with Gasteiger partial charge in [0.05, 0.1) is 0 Å². The van der Waals surface area contributed by atoms with Gasteiger partial charge in [0.1, 0.15) is 0 Å². The minimum atomic E-state index is -0.352. The van der Waals surface area contributed by atoms with Gasteiger partial charge in [-0.2, -0.15) is 0 Å². The zero-order valence-corrected chi connectivity index (χ0v) is 13.7. The van der Waals surface area contributed by atoms with Gasteiger partial charge in [0, 0.05) is 16.0 Å². The predicted molar refractivity (Wildman–Crippen MR) is 83.0 cm³/mol. The fraction of sp³-hybridized carbons (Fsp3) is 0.588. The highest BCUT2D eigenvalue weighted by molar-refractivity contribution is 6.31. The summed E-state index contributed by atoms with van der Waals surface area (Å²) in [7, 11) is 0. The molecular weight excluding hydrogens is 256 g/mol. The second kappa shape index (κ2) is 5.66. The largest absolute Gasteiger partial charge is 0.294 e. The molecule has 0 aliphatic rings. The monoisotopic (exact) mass is 280 g/mol. The van der Waals surface area contributed by atoms with E-state index >= 15 is 0 Å². The van der Waals surface area contributed by atoms with E-state index in [2.05, 4.69) is 20.8 Å². The van der Waals surface area contributed by atoms with E-state index in [-0.39, 0.29) is 16.6 Å². The van der Waals surface area contributed by atoms with Crippen molar-refractivity contribution in [3.63, 3.8) is 0 Å². The second-order valence-corrected chi connectivity index (χ2v) is 7.85. The number of hydrogen-bond acceptors (Lipinski definition) is 1. The maximum absolute atomic E-state index is 12.3. The molecular formula is C17H25ClO. The lowest BCUT2D eigenvalue weighted by Crippen LogP contribution is -2.20. The first-order chi connectivity index (χ1) is 8.50. The van der Waals surface area contributed by atoms with Crippen molar-refractivity contribution in [3.8, 4) is 0 Å². The van der Waals surface area contributed by atoms with E-state index in [1.165, 1.54) is 0 Å². The summed E-state index contributed by atoms with van der Waals surface area (Å²) in [5.74, 6) is 0.168. The van der Waals surface area contributed by atoms with E-state index < -0.39 is 0 Å². The highest BCUT2D eigenvalue weighted by Crippen LogP contribution is 2.28. The molecule has 106 valence electrons. The first-order valence-corrected chi connectivity index (χ1v) is 7.22. The predicted octanol–water partition coefficient (Wildman–Crippen LogP) is 5.55. The molecule has 1 aromatic carbocycles. The summed E-state index contributed by atoms with van der Waals surface area (Å²) in [6, 6.07) is 5.64. The molecule has 1 rings (SSSR count). The van der Waals surface area contributed by atoms with Crippen LogP contribution in [0.2, 0.25) is 5.02 Å². The lowest BCUT2D eigenvalue weighted by atomic mass is 9.84. The molecule has 0 atom stereocenters. The number of carbonyl (C=O) groups is 1. The van der Waals surface area contributed by atoms with Crippen molar-refractivity contribution in [1.82, 2.24) is 0 Å². The van der Waals surface area contributed by atoms with Crippen LogP contribution in [0.3, 0.4) is 0 Å². The smallest absolute Gasteiger partial charge is 0.168 e. The third-order valence-corrected chi connectivity index (χ3v) is 3.50. The summed E-state index contributed by atoms with van der Waals surface area (Å²) in [5, 5.41) is 0.759. The van der Waals surface area contributed by atoms with Crippen LogP contribution >= 0.6 is 11.6 Å². The topological polar surface area (TPSA) is 17.1 Å². The molecule has 0 aliphatic heterocycles. The lowest BCUT2D eigenvalue weighted by molar-refractivity contribution is 0.0858. The minimum Gasteiger partial charge on any atom is -0.294 e. The fourth-order valence-corrected chi connectivity index (χ4v) is 2.06. The molecule has 0 radical (unpaired) electrons. The molecule has 1 aromatic rings. The molecule has 0 aliphatic carbocycles. The van der Waals surface area contributed by atoms with Crippen LogP contribution in [-0.4, -0.2) is 5.78 Å². The molecule has 1 nitrogen and oxygen atoms in total. The molecule has 0 heterocycles. The fourth-order valence-electron chi connectivity index (χ4n) is 1.85. The molecule has 0 fully saturated rings. The Morgan fingerprint density at radius 3 is 2.16 bits per heavy atom. The summed E-state index contributed by atoms with van der Waals surface area (Å²) in [5.41, 5.74) is 1.76. The Kier molecular flexibility index (Phi) is 4.84. The molecule has 0 saturated carbocycles. The molecule has 0 spiro atoms. The summed E-state index contributed by atoms with van der Waals surface area (Å²) in [6.07, 6.45) is 1.97. The van der Waals surface area contributed by atoms with Gasteiger partial charge >= 0.3 is 0 Å². The van der Waals surface area contributed by atoms with E-state index in [4.69, 9.17) is 11.6 Å². The zero-order valence-electron chi connectivity index (χ0n) is 12.9. The molecule has 0 aromatic heterocycles. The zero-order chi connectivity index (χ0) is 14.8. The summed E-state index contributed by atoms with van der Waals surface area (Å²) < 4.78 is 0. The van der Waals surface area contributed by atoms with E-state index in [1.807, 2.05) is 39.0 Å². The van der Waals surface area contributed by atoms with Crippen LogP contribution in [-0.2, 0) is 6.42 Å². The van der Waals surface area contributed by atoms with Gasteiger partial charge in [-0.15, -0.1) is 0 Å². The second-order valence-electron chi connectivity index (χ2n) is 7.45. The number of ketones is 1. The Bertz CT molecular complexity index is 461. The van der Waals surface area contributed by atoms with Crippen LogP contribution in [0.1, 0.15) is 63.9 Å². The van der Waals surface area contributed by atoms with Crippen LogP contribution in [0.4, 0.5) is 0 Å². The molecule has 0 unspecified atom stereocenters. The molecule has 0 bridgehead atoms. The normalized spacial score (nSPS) is 12.6. The van der Waals surface area contributed by atoms with Gasteiger partial charge in [0.25, 0.3) is 0 Å². The molecule has 19 heavy (non-hydrogen) atoms. The van der Waals surface area contributed by atoms with Crippen molar-refractivity contribution < 1.29 is 4.79 Å². The number of rotatable bonds is 3. The summed E-state index contributed by atoms with van der Waals surface area (Å²) in [4.78, 5) is 12.3. The van der Waals surface area contributed by atoms with E-state index in [0.717, 1.165) is 29.0 Å². The molecule has 0 saturated heterocycles. The maximum atomic E-state index is 12.3. The van der Waals surface area contributed by atoms with Gasteiger partial charge in [0.2, 0.25) is 0 Å². The van der Waals surface area contributed by atoms with Crippen molar-refractivity contribution in [1.29, 1.82) is 0 Å². The Morgan fingerprint density at radius 1 is 1.11 bits per heavy atom. The standard InChI is InChI=1S/C17H25ClO/c1-16(2,3)10-9-12-11-13(7-8-14(12)18)15(19)17(4,5)6/h7-8,11H,9-10H2,1-6H3. The van der Waals surface area contributed by atoms with Gasteiger partial charge in [-0.05, 0) is 42.0 Å². The molecule has 0 N–H and O–H groups in total. The summed E-state index contributed by atoms with van der Waals surface area (Å²) >= 11 is 6.23. The Morgan fingerprint density at radius 2 is 1.68 bits per heavy atom. The Hall–Kier alpha value is -0.820. The average Bonchev–Trinajstić information content (AvgIpc) is 2.24. The number of benzene rings is 1. The Balaban J connectivity index is 2.98. The third-order valence-electron chi connectivity index (χ3n) is 3.13. The highest BCUT2D eigenvalue weighted by Gasteiger charge is 2.23. The Labute approximate surface area is 122 Å². The first-order valence-electron chi connectivity index (χ1n) is 6.84. The van der Waals surface area contributed by atoms with Crippen molar-refractivity contribution >= 4 is 17.4 Å². The van der Waals surface area contributed by atoms with Crippen molar-refractivity contribution in [2.24, 2.45) is 10.8 Å². The number of hydrogen-bond donors (Lipinski definition) is 0. The SMILES string of the molecule is CC(C)(C)CCc1cc(C(=O)C(C)(C)C)ccc1Cl. The molecule has 0 amide bonds. The first kappa shape index (κ1) is 16.2. The maximum Gasteiger partial charge on any atom is 0.168 e.